The number of fused-ring (bicyclic) bond motifs is 1. The van der Waals surface area contributed by atoms with E-state index in [0.717, 1.165) is 46.6 Å². The molecule has 1 heterocycles. The molecule has 0 spiro atoms. The minimum atomic E-state index is 0.805. The van der Waals surface area contributed by atoms with Crippen LogP contribution in [0.4, 0.5) is 0 Å². The van der Waals surface area contributed by atoms with E-state index in [4.69, 9.17) is 27.9 Å². The number of methoxy groups -OCH3 is 1. The third-order valence-corrected chi connectivity index (χ3v) is 4.74. The lowest BCUT2D eigenvalue weighted by Crippen LogP contribution is -2.16. The van der Waals surface area contributed by atoms with Crippen molar-refractivity contribution in [1.82, 2.24) is 4.90 Å². The van der Waals surface area contributed by atoms with Gasteiger partial charge in [0.2, 0.25) is 0 Å². The molecule has 0 bridgehead atoms. The van der Waals surface area contributed by atoms with Crippen molar-refractivity contribution < 1.29 is 4.74 Å². The Morgan fingerprint density at radius 3 is 2.24 bits per heavy atom. The van der Waals surface area contributed by atoms with Crippen molar-refractivity contribution in [3.8, 4) is 5.75 Å². The molecule has 0 saturated carbocycles. The number of rotatable bonds is 3. The first-order chi connectivity index (χ1) is 10.1. The maximum atomic E-state index is 6.28. The second kappa shape index (κ2) is 5.88. The summed E-state index contributed by atoms with van der Waals surface area (Å²) in [6.45, 7) is 4.67. The zero-order valence-electron chi connectivity index (χ0n) is 12.1. The molecule has 4 heteroatoms. The Morgan fingerprint density at radius 1 is 1.05 bits per heavy atom. The van der Waals surface area contributed by atoms with Crippen molar-refractivity contribution in [1.29, 1.82) is 0 Å². The highest BCUT2D eigenvalue weighted by atomic mass is 35.5. The molecule has 0 saturated heterocycles. The molecule has 1 aliphatic heterocycles. The van der Waals surface area contributed by atoms with E-state index < -0.39 is 0 Å². The molecule has 0 amide bonds. The molecule has 3 rings (SSSR count). The predicted octanol–water partition coefficient (Wildman–Crippen LogP) is 4.83. The summed E-state index contributed by atoms with van der Waals surface area (Å²) in [6.07, 6.45) is 0. The van der Waals surface area contributed by atoms with Gasteiger partial charge in [-0.1, -0.05) is 29.3 Å². The molecule has 2 aromatic rings. The first-order valence-corrected chi connectivity index (χ1v) is 7.65. The third kappa shape index (κ3) is 2.89. The Bertz CT molecular complexity index is 654. The molecule has 2 nitrogen and oxygen atoms in total. The lowest BCUT2D eigenvalue weighted by atomic mass is 10.1. The smallest absolute Gasteiger partial charge is 0.119 e. The molecule has 0 atom stereocenters. The van der Waals surface area contributed by atoms with Crippen LogP contribution in [0.15, 0.2) is 30.3 Å². The Balaban J connectivity index is 1.83. The summed E-state index contributed by atoms with van der Waals surface area (Å²) in [5.41, 5.74) is 4.85. The predicted molar refractivity (Wildman–Crippen MR) is 87.1 cm³/mol. The minimum absolute atomic E-state index is 0.805. The fraction of sp³-hybridized carbons (Fsp3) is 0.294. The van der Waals surface area contributed by atoms with Crippen LogP contribution in [0.25, 0.3) is 0 Å². The van der Waals surface area contributed by atoms with Crippen molar-refractivity contribution in [3.05, 3.63) is 62.6 Å². The Morgan fingerprint density at radius 2 is 1.67 bits per heavy atom. The van der Waals surface area contributed by atoms with Crippen molar-refractivity contribution >= 4 is 23.2 Å². The average Bonchev–Trinajstić information content (AvgIpc) is 2.90. The van der Waals surface area contributed by atoms with Gasteiger partial charge >= 0.3 is 0 Å². The molecule has 0 aliphatic carbocycles. The Kier molecular flexibility index (Phi) is 4.12. The second-order valence-corrected chi connectivity index (χ2v) is 6.24. The largest absolute Gasteiger partial charge is 0.497 e. The molecule has 0 radical (unpaired) electrons. The molecule has 2 aromatic carbocycles. The van der Waals surface area contributed by atoms with Gasteiger partial charge in [0.1, 0.15) is 5.75 Å². The first-order valence-electron chi connectivity index (χ1n) is 6.90. The van der Waals surface area contributed by atoms with Crippen LogP contribution in [-0.2, 0) is 19.6 Å². The standard InChI is InChI=1S/C17H17Cl2NO/c1-11-3-4-13(21-2)7-12(11)8-20-9-14-15(10-20)17(19)6-5-16(14)18/h3-7H,8-10H2,1-2H3. The quantitative estimate of drug-likeness (QED) is 0.803. The fourth-order valence-electron chi connectivity index (χ4n) is 2.78. The highest BCUT2D eigenvalue weighted by Gasteiger charge is 2.24. The summed E-state index contributed by atoms with van der Waals surface area (Å²) >= 11 is 12.6. The molecule has 0 aromatic heterocycles. The van der Waals surface area contributed by atoms with Crippen molar-refractivity contribution in [2.45, 2.75) is 26.6 Å². The lowest BCUT2D eigenvalue weighted by molar-refractivity contribution is 0.274. The van der Waals surface area contributed by atoms with Crippen LogP contribution >= 0.6 is 23.2 Å². The SMILES string of the molecule is COc1ccc(C)c(CN2Cc3c(Cl)ccc(Cl)c3C2)c1. The monoisotopic (exact) mass is 321 g/mol. The van der Waals surface area contributed by atoms with E-state index in [2.05, 4.69) is 24.0 Å². The zero-order chi connectivity index (χ0) is 15.0. The lowest BCUT2D eigenvalue weighted by Gasteiger charge is -2.17. The van der Waals surface area contributed by atoms with E-state index in [1.807, 2.05) is 18.2 Å². The average molecular weight is 322 g/mol. The van der Waals surface area contributed by atoms with Crippen molar-refractivity contribution in [3.63, 3.8) is 0 Å². The summed E-state index contributed by atoms with van der Waals surface area (Å²) < 4.78 is 5.31. The summed E-state index contributed by atoms with van der Waals surface area (Å²) in [7, 11) is 1.69. The zero-order valence-corrected chi connectivity index (χ0v) is 13.6. The van der Waals surface area contributed by atoms with Gasteiger partial charge in [-0.15, -0.1) is 0 Å². The van der Waals surface area contributed by atoms with Gasteiger partial charge in [0.25, 0.3) is 0 Å². The molecule has 0 N–H and O–H groups in total. The first kappa shape index (κ1) is 14.7. The molecule has 0 fully saturated rings. The summed E-state index contributed by atoms with van der Waals surface area (Å²) in [4.78, 5) is 2.35. The number of halogens is 2. The Hall–Kier alpha value is -1.22. The van der Waals surface area contributed by atoms with E-state index in [-0.39, 0.29) is 0 Å². The maximum absolute atomic E-state index is 6.28. The number of ether oxygens (including phenoxy) is 1. The van der Waals surface area contributed by atoms with Crippen molar-refractivity contribution in [2.24, 2.45) is 0 Å². The van der Waals surface area contributed by atoms with Crippen LogP contribution in [0.5, 0.6) is 5.75 Å². The van der Waals surface area contributed by atoms with Crippen LogP contribution in [0.1, 0.15) is 22.3 Å². The molecule has 110 valence electrons. The third-order valence-electron chi connectivity index (χ3n) is 4.03. The molecule has 1 aliphatic rings. The number of hydrogen-bond acceptors (Lipinski definition) is 2. The van der Waals surface area contributed by atoms with Crippen LogP contribution in [0, 0.1) is 6.92 Å². The van der Waals surface area contributed by atoms with Gasteiger partial charge < -0.3 is 4.74 Å². The van der Waals surface area contributed by atoms with E-state index in [1.54, 1.807) is 7.11 Å². The van der Waals surface area contributed by atoms with Gasteiger partial charge in [-0.05, 0) is 53.4 Å². The molecular formula is C17H17Cl2NO. The molecular weight excluding hydrogens is 305 g/mol. The summed E-state index contributed by atoms with van der Waals surface area (Å²) in [5, 5.41) is 1.61. The second-order valence-electron chi connectivity index (χ2n) is 5.42. The van der Waals surface area contributed by atoms with Gasteiger partial charge in [-0.25, -0.2) is 0 Å². The summed E-state index contributed by atoms with van der Waals surface area (Å²) in [6, 6.07) is 9.94. The van der Waals surface area contributed by atoms with Gasteiger partial charge in [-0.3, -0.25) is 4.90 Å². The van der Waals surface area contributed by atoms with E-state index >= 15 is 0 Å². The van der Waals surface area contributed by atoms with Gasteiger partial charge in [-0.2, -0.15) is 0 Å². The number of nitrogens with zero attached hydrogens (tertiary/aromatic N) is 1. The minimum Gasteiger partial charge on any atom is -0.497 e. The number of benzene rings is 2. The highest BCUT2D eigenvalue weighted by Crippen LogP contribution is 2.35. The highest BCUT2D eigenvalue weighted by molar-refractivity contribution is 6.34. The number of hydrogen-bond donors (Lipinski definition) is 0. The van der Waals surface area contributed by atoms with Crippen molar-refractivity contribution in [2.75, 3.05) is 7.11 Å². The maximum Gasteiger partial charge on any atom is 0.119 e. The van der Waals surface area contributed by atoms with Gasteiger partial charge in [0.05, 0.1) is 7.11 Å². The van der Waals surface area contributed by atoms with E-state index in [1.165, 1.54) is 11.1 Å². The topological polar surface area (TPSA) is 12.5 Å². The van der Waals surface area contributed by atoms with E-state index in [0.29, 0.717) is 0 Å². The van der Waals surface area contributed by atoms with Gasteiger partial charge in [0, 0.05) is 29.7 Å². The van der Waals surface area contributed by atoms with Gasteiger partial charge in [0.15, 0.2) is 0 Å². The van der Waals surface area contributed by atoms with Crippen LogP contribution in [0.3, 0.4) is 0 Å². The van der Waals surface area contributed by atoms with E-state index in [9.17, 15) is 0 Å². The Labute approximate surface area is 135 Å². The fourth-order valence-corrected chi connectivity index (χ4v) is 3.25. The van der Waals surface area contributed by atoms with Crippen LogP contribution < -0.4 is 4.74 Å². The van der Waals surface area contributed by atoms with Crippen LogP contribution in [-0.4, -0.2) is 12.0 Å². The summed E-state index contributed by atoms with van der Waals surface area (Å²) in [5.74, 6) is 0.892. The number of aryl methyl sites for hydroxylation is 1. The van der Waals surface area contributed by atoms with Crippen LogP contribution in [0.2, 0.25) is 10.0 Å². The molecule has 0 unspecified atom stereocenters. The molecule has 21 heavy (non-hydrogen) atoms. The normalized spacial score (nSPS) is 14.3.